The molecule has 3 rings (SSSR count). The number of thioether (sulfide) groups is 2. The average Bonchev–Trinajstić information content (AvgIpc) is 2.64. The molecule has 0 bridgehead atoms. The highest BCUT2D eigenvalue weighted by Crippen LogP contribution is 2.34. The van der Waals surface area contributed by atoms with Gasteiger partial charge in [-0.15, -0.1) is 11.8 Å². The summed E-state index contributed by atoms with van der Waals surface area (Å²) < 4.78 is 0. The molecule has 0 nitrogen and oxygen atoms in total. The Bertz CT molecular complexity index is 735. The Morgan fingerprint density at radius 1 is 0.696 bits per heavy atom. The summed E-state index contributed by atoms with van der Waals surface area (Å²) in [6, 6.07) is 31.7. The lowest BCUT2D eigenvalue weighted by Crippen LogP contribution is -1.83. The van der Waals surface area contributed by atoms with Crippen molar-refractivity contribution >= 4 is 28.4 Å². The van der Waals surface area contributed by atoms with Gasteiger partial charge in [-0.05, 0) is 28.7 Å². The molecule has 0 fully saturated rings. The fourth-order valence-corrected chi connectivity index (χ4v) is 4.07. The van der Waals surface area contributed by atoms with Gasteiger partial charge in [0.2, 0.25) is 0 Å². The van der Waals surface area contributed by atoms with Crippen LogP contribution in [0.25, 0.3) is 4.91 Å². The second-order valence-corrected chi connectivity index (χ2v) is 7.01. The average molecular weight is 335 g/mol. The molecule has 0 aromatic heterocycles. The molecule has 0 N–H and O–H groups in total. The molecular formula is C21H18S2. The molecule has 23 heavy (non-hydrogen) atoms. The Balaban J connectivity index is 1.76. The summed E-state index contributed by atoms with van der Waals surface area (Å²) in [4.78, 5) is 2.57. The van der Waals surface area contributed by atoms with Crippen molar-refractivity contribution in [1.82, 2.24) is 0 Å². The second-order valence-electron chi connectivity index (χ2n) is 5.05. The third-order valence-corrected chi connectivity index (χ3v) is 5.53. The first-order valence-electron chi connectivity index (χ1n) is 7.56. The number of hydrogen-bond acceptors (Lipinski definition) is 2. The van der Waals surface area contributed by atoms with Crippen LogP contribution in [0.3, 0.4) is 0 Å². The molecule has 3 aromatic carbocycles. The first-order chi connectivity index (χ1) is 11.4. The lowest BCUT2D eigenvalue weighted by atomic mass is 10.2. The Hall–Kier alpha value is -1.90. The summed E-state index contributed by atoms with van der Waals surface area (Å²) in [5.41, 5.74) is 2.63. The van der Waals surface area contributed by atoms with E-state index in [4.69, 9.17) is 0 Å². The maximum absolute atomic E-state index is 2.26. The number of hydrogen-bond donors (Lipinski definition) is 0. The minimum absolute atomic E-state index is 0.983. The summed E-state index contributed by atoms with van der Waals surface area (Å²) in [6.45, 7) is 0. The van der Waals surface area contributed by atoms with Crippen molar-refractivity contribution in [2.45, 2.75) is 10.6 Å². The van der Waals surface area contributed by atoms with Crippen LogP contribution in [0, 0.1) is 0 Å². The van der Waals surface area contributed by atoms with Gasteiger partial charge < -0.3 is 0 Å². The van der Waals surface area contributed by atoms with Crippen LogP contribution in [0.5, 0.6) is 0 Å². The summed E-state index contributed by atoms with van der Waals surface area (Å²) in [5.74, 6) is 0.983. The fraction of sp³-hybridized carbons (Fsp3) is 0.0476. The maximum Gasteiger partial charge on any atom is 0.0232 e. The summed E-state index contributed by atoms with van der Waals surface area (Å²) >= 11 is 3.66. The highest BCUT2D eigenvalue weighted by Gasteiger charge is 2.03. The van der Waals surface area contributed by atoms with Gasteiger partial charge in [-0.25, -0.2) is 0 Å². The monoisotopic (exact) mass is 334 g/mol. The molecule has 0 saturated heterocycles. The van der Waals surface area contributed by atoms with Gasteiger partial charge in [-0.2, -0.15) is 0 Å². The van der Waals surface area contributed by atoms with Gasteiger partial charge in [0, 0.05) is 15.6 Å². The van der Waals surface area contributed by atoms with E-state index in [-0.39, 0.29) is 0 Å². The molecule has 0 unspecified atom stereocenters. The van der Waals surface area contributed by atoms with Crippen molar-refractivity contribution in [3.05, 3.63) is 108 Å². The topological polar surface area (TPSA) is 0 Å². The molecule has 3 aromatic rings. The number of rotatable bonds is 6. The molecule has 0 atom stereocenters. The molecule has 0 heterocycles. The van der Waals surface area contributed by atoms with E-state index in [0.29, 0.717) is 0 Å². The van der Waals surface area contributed by atoms with Crippen LogP contribution in [-0.2, 0) is 5.75 Å². The zero-order valence-electron chi connectivity index (χ0n) is 12.8. The molecule has 0 saturated carbocycles. The minimum atomic E-state index is 0.983. The van der Waals surface area contributed by atoms with E-state index in [1.54, 1.807) is 11.8 Å². The summed E-state index contributed by atoms with van der Waals surface area (Å²) in [5, 5.41) is 2.26. The largest absolute Gasteiger partial charge is 0.120 e. The third kappa shape index (κ3) is 5.05. The molecule has 2 heteroatoms. The second kappa shape index (κ2) is 8.66. The van der Waals surface area contributed by atoms with E-state index in [2.05, 4.69) is 96.4 Å². The lowest BCUT2D eigenvalue weighted by Gasteiger charge is -2.08. The van der Waals surface area contributed by atoms with E-state index in [0.717, 1.165) is 5.75 Å². The van der Waals surface area contributed by atoms with E-state index in [1.165, 1.54) is 20.9 Å². The Morgan fingerprint density at radius 2 is 1.26 bits per heavy atom. The van der Waals surface area contributed by atoms with Crippen molar-refractivity contribution in [3.63, 3.8) is 0 Å². The highest BCUT2D eigenvalue weighted by molar-refractivity contribution is 8.09. The molecule has 0 aliphatic heterocycles. The number of benzene rings is 3. The van der Waals surface area contributed by atoms with Crippen molar-refractivity contribution in [2.75, 3.05) is 0 Å². The van der Waals surface area contributed by atoms with Crippen molar-refractivity contribution in [1.29, 1.82) is 0 Å². The Kier molecular flexibility index (Phi) is 6.01. The van der Waals surface area contributed by atoms with Crippen LogP contribution in [0.15, 0.2) is 101 Å². The zero-order valence-corrected chi connectivity index (χ0v) is 14.4. The molecule has 114 valence electrons. The lowest BCUT2D eigenvalue weighted by molar-refractivity contribution is 1.42. The van der Waals surface area contributed by atoms with Crippen LogP contribution >= 0.6 is 23.5 Å². The predicted octanol–water partition coefficient (Wildman–Crippen LogP) is 6.71. The SMILES string of the molecule is C(/Sc1ccccc1)=C(\SCc1ccccc1)c1ccccc1. The van der Waals surface area contributed by atoms with Crippen LogP contribution < -0.4 is 0 Å². The van der Waals surface area contributed by atoms with Gasteiger partial charge in [0.25, 0.3) is 0 Å². The Morgan fingerprint density at radius 3 is 1.91 bits per heavy atom. The van der Waals surface area contributed by atoms with E-state index < -0.39 is 0 Å². The third-order valence-electron chi connectivity index (χ3n) is 3.34. The zero-order chi connectivity index (χ0) is 15.7. The molecule has 0 aliphatic carbocycles. The summed E-state index contributed by atoms with van der Waals surface area (Å²) in [6.07, 6.45) is 0. The molecule has 0 radical (unpaired) electrons. The molecule has 0 amide bonds. The van der Waals surface area contributed by atoms with Gasteiger partial charge in [-0.1, -0.05) is 90.6 Å². The van der Waals surface area contributed by atoms with Gasteiger partial charge in [0.15, 0.2) is 0 Å². The predicted molar refractivity (Wildman–Crippen MR) is 104 cm³/mol. The molecule has 0 aliphatic rings. The quantitative estimate of drug-likeness (QED) is 0.459. The standard InChI is InChI=1S/C21H18S2/c1-4-10-18(11-5-1)16-23-21(19-12-6-2-7-13-19)17-22-20-14-8-3-9-15-20/h1-15,17H,16H2/b21-17+. The van der Waals surface area contributed by atoms with E-state index >= 15 is 0 Å². The summed E-state index contributed by atoms with van der Waals surface area (Å²) in [7, 11) is 0. The van der Waals surface area contributed by atoms with Gasteiger partial charge in [0.05, 0.1) is 0 Å². The van der Waals surface area contributed by atoms with E-state index in [9.17, 15) is 0 Å². The minimum Gasteiger partial charge on any atom is -0.120 e. The van der Waals surface area contributed by atoms with Crippen molar-refractivity contribution in [3.8, 4) is 0 Å². The van der Waals surface area contributed by atoms with Crippen LogP contribution in [0.1, 0.15) is 11.1 Å². The fourth-order valence-electron chi connectivity index (χ4n) is 2.14. The molecular weight excluding hydrogens is 316 g/mol. The van der Waals surface area contributed by atoms with Gasteiger partial charge >= 0.3 is 0 Å². The van der Waals surface area contributed by atoms with Gasteiger partial charge in [-0.3, -0.25) is 0 Å². The normalized spacial score (nSPS) is 11.4. The van der Waals surface area contributed by atoms with Gasteiger partial charge in [0.1, 0.15) is 0 Å². The maximum atomic E-state index is 2.26. The first kappa shape index (κ1) is 16.0. The Labute approximate surface area is 146 Å². The molecule has 0 spiro atoms. The van der Waals surface area contributed by atoms with Crippen LogP contribution in [0.4, 0.5) is 0 Å². The van der Waals surface area contributed by atoms with Crippen LogP contribution in [0.2, 0.25) is 0 Å². The van der Waals surface area contributed by atoms with Crippen molar-refractivity contribution in [2.24, 2.45) is 0 Å². The van der Waals surface area contributed by atoms with Crippen LogP contribution in [-0.4, -0.2) is 0 Å². The smallest absolute Gasteiger partial charge is 0.0232 e. The van der Waals surface area contributed by atoms with Crippen molar-refractivity contribution < 1.29 is 0 Å². The highest BCUT2D eigenvalue weighted by atomic mass is 32.2. The van der Waals surface area contributed by atoms with E-state index in [1.807, 2.05) is 11.8 Å². The first-order valence-corrected chi connectivity index (χ1v) is 9.42.